The Morgan fingerprint density at radius 2 is 1.87 bits per heavy atom. The minimum absolute atomic E-state index is 0.150. The molecule has 1 aromatic rings. The number of Topliss-reactive ketones (excluding diaryl/α,β-unsaturated/α-hetero) is 1. The number of nitrogens with zero attached hydrogens (tertiary/aromatic N) is 2. The van der Waals surface area contributed by atoms with Gasteiger partial charge in [-0.25, -0.2) is 0 Å². The third kappa shape index (κ3) is 3.65. The van der Waals surface area contributed by atoms with E-state index >= 15 is 0 Å². The van der Waals surface area contributed by atoms with Crippen molar-refractivity contribution >= 4 is 11.5 Å². The molecule has 0 saturated carbocycles. The van der Waals surface area contributed by atoms with Gasteiger partial charge >= 0.3 is 0 Å². The summed E-state index contributed by atoms with van der Waals surface area (Å²) in [5.74, 6) is 0.150. The summed E-state index contributed by atoms with van der Waals surface area (Å²) >= 11 is 0. The second-order valence-corrected chi connectivity index (χ2v) is 6.15. The highest BCUT2D eigenvalue weighted by atomic mass is 16.5. The molecule has 4 heteroatoms. The van der Waals surface area contributed by atoms with Crippen LogP contribution in [0.2, 0.25) is 0 Å². The zero-order valence-corrected chi connectivity index (χ0v) is 14.7. The van der Waals surface area contributed by atoms with Gasteiger partial charge in [0.25, 0.3) is 0 Å². The van der Waals surface area contributed by atoms with Crippen LogP contribution in [0, 0.1) is 0 Å². The zero-order chi connectivity index (χ0) is 16.9. The van der Waals surface area contributed by atoms with Crippen molar-refractivity contribution in [3.05, 3.63) is 42.0 Å². The van der Waals surface area contributed by atoms with Crippen LogP contribution in [0.4, 0.5) is 5.69 Å². The van der Waals surface area contributed by atoms with Gasteiger partial charge in [0.15, 0.2) is 5.78 Å². The van der Waals surface area contributed by atoms with Crippen molar-refractivity contribution in [3.63, 3.8) is 0 Å². The van der Waals surface area contributed by atoms with Gasteiger partial charge in [-0.1, -0.05) is 19.1 Å². The van der Waals surface area contributed by atoms with Crippen molar-refractivity contribution in [1.82, 2.24) is 4.90 Å². The molecule has 23 heavy (non-hydrogen) atoms. The van der Waals surface area contributed by atoms with Crippen molar-refractivity contribution in [3.8, 4) is 0 Å². The Labute approximate surface area is 139 Å². The molecule has 0 N–H and O–H groups in total. The van der Waals surface area contributed by atoms with E-state index in [0.717, 1.165) is 44.0 Å². The summed E-state index contributed by atoms with van der Waals surface area (Å²) in [6.45, 7) is 7.36. The maximum Gasteiger partial charge on any atom is 0.186 e. The van der Waals surface area contributed by atoms with Crippen molar-refractivity contribution < 1.29 is 9.53 Å². The number of allylic oxidation sites excluding steroid dienone is 1. The van der Waals surface area contributed by atoms with Crippen molar-refractivity contribution in [2.24, 2.45) is 0 Å². The molecular formula is C19H28N2O2. The molecule has 0 radical (unpaired) electrons. The average molecular weight is 316 g/mol. The third-order valence-electron chi connectivity index (χ3n) is 4.68. The number of ether oxygens (including phenoxy) is 1. The molecule has 0 aliphatic carbocycles. The predicted octanol–water partition coefficient (Wildman–Crippen LogP) is 2.99. The monoisotopic (exact) mass is 316 g/mol. The Hall–Kier alpha value is -1.65. The molecule has 4 nitrogen and oxygen atoms in total. The van der Waals surface area contributed by atoms with Crippen molar-refractivity contribution in [2.75, 3.05) is 45.3 Å². The topological polar surface area (TPSA) is 32.8 Å². The Kier molecular flexibility index (Phi) is 5.97. The highest BCUT2D eigenvalue weighted by Gasteiger charge is 2.36. The lowest BCUT2D eigenvalue weighted by Gasteiger charge is -2.35. The molecule has 126 valence electrons. The number of rotatable bonds is 6. The van der Waals surface area contributed by atoms with Crippen LogP contribution in [-0.4, -0.2) is 56.6 Å². The first-order valence-corrected chi connectivity index (χ1v) is 8.34. The van der Waals surface area contributed by atoms with Gasteiger partial charge in [0, 0.05) is 24.3 Å². The number of carbonyl (C=O) groups is 1. The van der Waals surface area contributed by atoms with E-state index in [9.17, 15) is 4.79 Å². The highest BCUT2D eigenvalue weighted by Crippen LogP contribution is 2.26. The van der Waals surface area contributed by atoms with Crippen LogP contribution in [0.1, 0.15) is 30.6 Å². The molecule has 1 atom stereocenters. The number of anilines is 1. The van der Waals surface area contributed by atoms with Crippen LogP contribution in [0.3, 0.4) is 0 Å². The first-order chi connectivity index (χ1) is 11.0. The van der Waals surface area contributed by atoms with Gasteiger partial charge in [0.05, 0.1) is 13.2 Å². The largest absolute Gasteiger partial charge is 0.378 e. The van der Waals surface area contributed by atoms with Gasteiger partial charge in [-0.3, -0.25) is 9.69 Å². The Balaban J connectivity index is 2.24. The predicted molar refractivity (Wildman–Crippen MR) is 95.3 cm³/mol. The van der Waals surface area contributed by atoms with Gasteiger partial charge in [-0.2, -0.15) is 0 Å². The Morgan fingerprint density at radius 3 is 2.35 bits per heavy atom. The molecule has 1 aliphatic rings. The molecule has 1 fully saturated rings. The first kappa shape index (κ1) is 17.7. The second kappa shape index (κ2) is 7.75. The fraction of sp³-hybridized carbons (Fsp3) is 0.526. The number of ketones is 1. The average Bonchev–Trinajstić information content (AvgIpc) is 2.60. The van der Waals surface area contributed by atoms with Crippen LogP contribution in [0.25, 0.3) is 0 Å². The summed E-state index contributed by atoms with van der Waals surface area (Å²) in [5.41, 5.74) is 1.34. The van der Waals surface area contributed by atoms with E-state index in [1.165, 1.54) is 0 Å². The van der Waals surface area contributed by atoms with Crippen LogP contribution in [0.15, 0.2) is 36.4 Å². The summed E-state index contributed by atoms with van der Waals surface area (Å²) < 4.78 is 5.39. The molecule has 1 aliphatic heterocycles. The molecule has 0 spiro atoms. The summed E-state index contributed by atoms with van der Waals surface area (Å²) in [7, 11) is 3.92. The first-order valence-electron chi connectivity index (χ1n) is 8.34. The van der Waals surface area contributed by atoms with Crippen molar-refractivity contribution in [2.45, 2.75) is 25.8 Å². The SMILES string of the molecule is CC=CC(CC)(C(=O)c1ccc(N2CCOCC2)cc1)N(C)C. The summed E-state index contributed by atoms with van der Waals surface area (Å²) in [4.78, 5) is 17.4. The number of hydrogen-bond donors (Lipinski definition) is 0. The number of likely N-dealkylation sites (N-methyl/N-ethyl adjacent to an activating group) is 1. The molecule has 0 amide bonds. The summed E-state index contributed by atoms with van der Waals surface area (Å²) in [6, 6.07) is 7.99. The summed E-state index contributed by atoms with van der Waals surface area (Å²) in [6.07, 6.45) is 4.71. The van der Waals surface area contributed by atoms with Gasteiger partial charge < -0.3 is 9.64 Å². The Bertz CT molecular complexity index is 545. The summed E-state index contributed by atoms with van der Waals surface area (Å²) in [5, 5.41) is 0. The normalized spacial score (nSPS) is 18.4. The van der Waals surface area contributed by atoms with E-state index in [0.29, 0.717) is 0 Å². The van der Waals surface area contributed by atoms with E-state index in [2.05, 4.69) is 11.8 Å². The van der Waals surface area contributed by atoms with E-state index < -0.39 is 5.54 Å². The third-order valence-corrected chi connectivity index (χ3v) is 4.68. The number of carbonyl (C=O) groups excluding carboxylic acids is 1. The fourth-order valence-corrected chi connectivity index (χ4v) is 3.19. The van der Waals surface area contributed by atoms with Crippen LogP contribution in [0.5, 0.6) is 0 Å². The van der Waals surface area contributed by atoms with E-state index in [1.807, 2.05) is 62.3 Å². The standard InChI is InChI=1S/C19H28N2O2/c1-5-11-19(6-2,20(3)4)18(22)16-7-9-17(10-8-16)21-12-14-23-15-13-21/h5,7-11H,6,12-15H2,1-4H3. The minimum Gasteiger partial charge on any atom is -0.378 e. The van der Waals surface area contributed by atoms with E-state index in [1.54, 1.807) is 0 Å². The number of benzene rings is 1. The van der Waals surface area contributed by atoms with Gasteiger partial charge in [-0.05, 0) is 51.7 Å². The molecule has 0 bridgehead atoms. The smallest absolute Gasteiger partial charge is 0.186 e. The molecule has 1 aromatic carbocycles. The Morgan fingerprint density at radius 1 is 1.26 bits per heavy atom. The number of morpholine rings is 1. The lowest BCUT2D eigenvalue weighted by molar-refractivity contribution is 0.0767. The number of hydrogen-bond acceptors (Lipinski definition) is 4. The van der Waals surface area contributed by atoms with E-state index in [4.69, 9.17) is 4.74 Å². The molecule has 1 saturated heterocycles. The van der Waals surface area contributed by atoms with Crippen LogP contribution >= 0.6 is 0 Å². The maximum atomic E-state index is 13.1. The van der Waals surface area contributed by atoms with Crippen LogP contribution < -0.4 is 4.90 Å². The molecule has 1 heterocycles. The maximum absolute atomic E-state index is 13.1. The minimum atomic E-state index is -0.574. The van der Waals surface area contributed by atoms with Gasteiger partial charge in [0.1, 0.15) is 5.54 Å². The molecular weight excluding hydrogens is 288 g/mol. The van der Waals surface area contributed by atoms with E-state index in [-0.39, 0.29) is 5.78 Å². The van der Waals surface area contributed by atoms with Crippen molar-refractivity contribution in [1.29, 1.82) is 0 Å². The second-order valence-electron chi connectivity index (χ2n) is 6.15. The molecule has 2 rings (SSSR count). The lowest BCUT2D eigenvalue weighted by Crippen LogP contribution is -2.49. The van der Waals surface area contributed by atoms with Gasteiger partial charge in [0.2, 0.25) is 0 Å². The fourth-order valence-electron chi connectivity index (χ4n) is 3.19. The molecule has 1 unspecified atom stereocenters. The highest BCUT2D eigenvalue weighted by molar-refractivity contribution is 6.04. The lowest BCUT2D eigenvalue weighted by atomic mass is 9.85. The van der Waals surface area contributed by atoms with Crippen LogP contribution in [-0.2, 0) is 4.74 Å². The quantitative estimate of drug-likeness (QED) is 0.597. The molecule has 0 aromatic heterocycles. The van der Waals surface area contributed by atoms with Gasteiger partial charge in [-0.15, -0.1) is 0 Å². The zero-order valence-electron chi connectivity index (χ0n) is 14.7.